The monoisotopic (exact) mass is 367 g/mol. The fourth-order valence-corrected chi connectivity index (χ4v) is 4.25. The van der Waals surface area contributed by atoms with Crippen molar-refractivity contribution in [1.29, 1.82) is 0 Å². The summed E-state index contributed by atoms with van der Waals surface area (Å²) in [5.74, 6) is 0. The van der Waals surface area contributed by atoms with Gasteiger partial charge < -0.3 is 4.90 Å². The van der Waals surface area contributed by atoms with Crippen LogP contribution in [0.3, 0.4) is 0 Å². The Balaban J connectivity index is 2.16. The number of hydrogen-bond donors (Lipinski definition) is 1. The first-order valence-electron chi connectivity index (χ1n) is 5.90. The molecule has 2 heterocycles. The van der Waals surface area contributed by atoms with Gasteiger partial charge in [0.25, 0.3) is 0 Å². The summed E-state index contributed by atoms with van der Waals surface area (Å²) in [5, 5.41) is -0.0105. The van der Waals surface area contributed by atoms with E-state index in [2.05, 4.69) is 30.5 Å². The van der Waals surface area contributed by atoms with E-state index >= 15 is 0 Å². The molecule has 1 aliphatic rings. The van der Waals surface area contributed by atoms with Crippen molar-refractivity contribution in [3.05, 3.63) is 21.9 Å². The number of piperidine rings is 1. The van der Waals surface area contributed by atoms with E-state index in [0.29, 0.717) is 4.47 Å². The minimum absolute atomic E-state index is 0.0105. The molecule has 19 heavy (non-hydrogen) atoms. The average Bonchev–Trinajstić information content (AvgIpc) is 2.35. The SMILES string of the molecule is CN1CCC(NS(=O)(=O)c2cc(Br)cnc2Cl)CC1. The van der Waals surface area contributed by atoms with Gasteiger partial charge in [-0.25, -0.2) is 18.1 Å². The number of aromatic nitrogens is 1. The van der Waals surface area contributed by atoms with Gasteiger partial charge in [-0.1, -0.05) is 11.6 Å². The van der Waals surface area contributed by atoms with E-state index < -0.39 is 10.0 Å². The number of nitrogens with zero attached hydrogens (tertiary/aromatic N) is 2. The van der Waals surface area contributed by atoms with Crippen LogP contribution in [0.4, 0.5) is 0 Å². The van der Waals surface area contributed by atoms with Gasteiger partial charge in [-0.2, -0.15) is 0 Å². The van der Waals surface area contributed by atoms with Crippen molar-refractivity contribution in [3.8, 4) is 0 Å². The van der Waals surface area contributed by atoms with Gasteiger partial charge in [0, 0.05) is 16.7 Å². The van der Waals surface area contributed by atoms with Crippen LogP contribution in [-0.4, -0.2) is 44.5 Å². The minimum atomic E-state index is -3.62. The number of likely N-dealkylation sites (tertiary alicyclic amines) is 1. The summed E-state index contributed by atoms with van der Waals surface area (Å²) < 4.78 is 27.9. The Bertz CT molecular complexity index is 559. The maximum Gasteiger partial charge on any atom is 0.243 e. The Morgan fingerprint density at radius 3 is 2.74 bits per heavy atom. The molecule has 1 aromatic heterocycles. The highest BCUT2D eigenvalue weighted by Gasteiger charge is 2.25. The number of hydrogen-bond acceptors (Lipinski definition) is 4. The Kier molecular flexibility index (Phi) is 4.84. The largest absolute Gasteiger partial charge is 0.306 e. The van der Waals surface area contributed by atoms with Gasteiger partial charge in [0.1, 0.15) is 10.0 Å². The van der Waals surface area contributed by atoms with Gasteiger partial charge in [-0.05, 0) is 55.0 Å². The third-order valence-electron chi connectivity index (χ3n) is 3.10. The van der Waals surface area contributed by atoms with Crippen LogP contribution in [0, 0.1) is 0 Å². The van der Waals surface area contributed by atoms with Crippen molar-refractivity contribution in [3.63, 3.8) is 0 Å². The molecule has 1 fully saturated rings. The smallest absolute Gasteiger partial charge is 0.243 e. The van der Waals surface area contributed by atoms with Crippen LogP contribution in [0.15, 0.2) is 21.6 Å². The molecule has 1 saturated heterocycles. The Morgan fingerprint density at radius 1 is 1.47 bits per heavy atom. The number of pyridine rings is 1. The van der Waals surface area contributed by atoms with Gasteiger partial charge in [0.15, 0.2) is 0 Å². The standard InChI is InChI=1S/C11H15BrClN3O2S/c1-16-4-2-9(3-5-16)15-19(17,18)10-6-8(12)7-14-11(10)13/h6-7,9,15H,2-5H2,1H3. The predicted molar refractivity (Wildman–Crippen MR) is 77.8 cm³/mol. The molecule has 106 valence electrons. The summed E-state index contributed by atoms with van der Waals surface area (Å²) in [6.45, 7) is 1.77. The van der Waals surface area contributed by atoms with Crippen molar-refractivity contribution in [1.82, 2.24) is 14.6 Å². The fraction of sp³-hybridized carbons (Fsp3) is 0.545. The molecule has 0 radical (unpaired) electrons. The zero-order valence-corrected chi connectivity index (χ0v) is 13.6. The number of sulfonamides is 1. The highest BCUT2D eigenvalue weighted by molar-refractivity contribution is 9.10. The summed E-state index contributed by atoms with van der Waals surface area (Å²) >= 11 is 9.06. The quantitative estimate of drug-likeness (QED) is 0.827. The van der Waals surface area contributed by atoms with Gasteiger partial charge in [-0.15, -0.1) is 0 Å². The van der Waals surface area contributed by atoms with Crippen LogP contribution in [0.2, 0.25) is 5.15 Å². The van der Waals surface area contributed by atoms with Crippen molar-refractivity contribution >= 4 is 37.6 Å². The molecule has 5 nitrogen and oxygen atoms in total. The lowest BCUT2D eigenvalue weighted by Gasteiger charge is -2.29. The molecule has 0 amide bonds. The first-order chi connectivity index (χ1) is 8.88. The topological polar surface area (TPSA) is 62.3 Å². The van der Waals surface area contributed by atoms with Crippen LogP contribution >= 0.6 is 27.5 Å². The van der Waals surface area contributed by atoms with Crippen LogP contribution in [0.5, 0.6) is 0 Å². The maximum atomic E-state index is 12.3. The molecule has 0 atom stereocenters. The zero-order valence-electron chi connectivity index (χ0n) is 10.4. The summed E-state index contributed by atoms with van der Waals surface area (Å²) in [7, 11) is -1.60. The molecule has 0 aliphatic carbocycles. The van der Waals surface area contributed by atoms with Crippen LogP contribution in [-0.2, 0) is 10.0 Å². The van der Waals surface area contributed by atoms with Crippen molar-refractivity contribution < 1.29 is 8.42 Å². The average molecular weight is 369 g/mol. The van der Waals surface area contributed by atoms with Crippen molar-refractivity contribution in [2.24, 2.45) is 0 Å². The van der Waals surface area contributed by atoms with E-state index in [-0.39, 0.29) is 16.1 Å². The van der Waals surface area contributed by atoms with Gasteiger partial charge in [-0.3, -0.25) is 0 Å². The van der Waals surface area contributed by atoms with E-state index in [4.69, 9.17) is 11.6 Å². The summed E-state index contributed by atoms with van der Waals surface area (Å²) in [5.41, 5.74) is 0. The molecule has 0 saturated carbocycles. The molecule has 0 bridgehead atoms. The number of halogens is 2. The molecule has 8 heteroatoms. The highest BCUT2D eigenvalue weighted by Crippen LogP contribution is 2.23. The predicted octanol–water partition coefficient (Wildman–Crippen LogP) is 1.87. The molecule has 2 rings (SSSR count). The van der Waals surface area contributed by atoms with E-state index in [1.54, 1.807) is 0 Å². The van der Waals surface area contributed by atoms with E-state index in [0.717, 1.165) is 25.9 Å². The third-order valence-corrected chi connectivity index (χ3v) is 5.48. The van der Waals surface area contributed by atoms with Crippen molar-refractivity contribution in [2.45, 2.75) is 23.8 Å². The first-order valence-corrected chi connectivity index (χ1v) is 8.56. The van der Waals surface area contributed by atoms with Crippen LogP contribution < -0.4 is 4.72 Å². The Hall–Kier alpha value is -0.210. The second kappa shape index (κ2) is 6.05. The molecule has 0 spiro atoms. The normalized spacial score (nSPS) is 18.7. The minimum Gasteiger partial charge on any atom is -0.306 e. The van der Waals surface area contributed by atoms with Crippen LogP contribution in [0.1, 0.15) is 12.8 Å². The molecule has 1 N–H and O–H groups in total. The first kappa shape index (κ1) is 15.2. The second-order valence-electron chi connectivity index (χ2n) is 4.64. The van der Waals surface area contributed by atoms with Gasteiger partial charge in [0.2, 0.25) is 10.0 Å². The molecule has 0 aromatic carbocycles. The lowest BCUT2D eigenvalue weighted by molar-refractivity contribution is 0.248. The highest BCUT2D eigenvalue weighted by atomic mass is 79.9. The maximum absolute atomic E-state index is 12.3. The van der Waals surface area contributed by atoms with E-state index in [1.807, 2.05) is 7.05 Å². The third kappa shape index (κ3) is 3.88. The summed E-state index contributed by atoms with van der Waals surface area (Å²) in [6.07, 6.45) is 3.07. The number of rotatable bonds is 3. The zero-order chi connectivity index (χ0) is 14.0. The molecular formula is C11H15BrClN3O2S. The lowest BCUT2D eigenvalue weighted by atomic mass is 10.1. The Labute approximate surface area is 126 Å². The van der Waals surface area contributed by atoms with Gasteiger partial charge in [0.05, 0.1) is 0 Å². The fourth-order valence-electron chi connectivity index (χ4n) is 2.00. The van der Waals surface area contributed by atoms with Crippen molar-refractivity contribution in [2.75, 3.05) is 20.1 Å². The number of nitrogens with one attached hydrogen (secondary N) is 1. The molecule has 1 aliphatic heterocycles. The van der Waals surface area contributed by atoms with E-state index in [9.17, 15) is 8.42 Å². The van der Waals surface area contributed by atoms with E-state index in [1.165, 1.54) is 12.3 Å². The second-order valence-corrected chi connectivity index (χ2v) is 7.60. The molecular weight excluding hydrogens is 354 g/mol. The van der Waals surface area contributed by atoms with Gasteiger partial charge >= 0.3 is 0 Å². The molecule has 1 aromatic rings. The van der Waals surface area contributed by atoms with Crippen LogP contribution in [0.25, 0.3) is 0 Å². The Morgan fingerprint density at radius 2 is 2.11 bits per heavy atom. The molecule has 0 unspecified atom stereocenters. The summed E-state index contributed by atoms with van der Waals surface area (Å²) in [6, 6.07) is 1.42. The summed E-state index contributed by atoms with van der Waals surface area (Å²) in [4.78, 5) is 6.04. The lowest BCUT2D eigenvalue weighted by Crippen LogP contribution is -2.43.